The van der Waals surface area contributed by atoms with E-state index in [4.69, 9.17) is 0 Å². The maximum absolute atomic E-state index is 13.5. The minimum Gasteiger partial charge on any atom is -0.354 e. The summed E-state index contributed by atoms with van der Waals surface area (Å²) in [4.78, 5) is 23.1. The van der Waals surface area contributed by atoms with E-state index in [9.17, 15) is 4.79 Å². The van der Waals surface area contributed by atoms with Crippen LogP contribution in [-0.2, 0) is 17.8 Å². The van der Waals surface area contributed by atoms with Crippen LogP contribution in [-0.4, -0.2) is 26.8 Å². The van der Waals surface area contributed by atoms with E-state index in [1.54, 1.807) is 12.4 Å². The van der Waals surface area contributed by atoms with Crippen LogP contribution >= 0.6 is 0 Å². The van der Waals surface area contributed by atoms with Crippen LogP contribution < -0.4 is 0 Å². The Balaban J connectivity index is 1.72. The van der Waals surface area contributed by atoms with Crippen molar-refractivity contribution in [2.75, 3.05) is 0 Å². The quantitative estimate of drug-likeness (QED) is 0.466. The molecule has 1 amide bonds. The number of rotatable bonds is 6. The molecule has 0 fully saturated rings. The summed E-state index contributed by atoms with van der Waals surface area (Å²) in [6.45, 7) is 6.82. The molecular formula is C26H27N3O. The highest BCUT2D eigenvalue weighted by molar-refractivity contribution is 5.95. The van der Waals surface area contributed by atoms with E-state index < -0.39 is 0 Å². The third-order valence-electron chi connectivity index (χ3n) is 5.60. The molecule has 2 aromatic carbocycles. The van der Waals surface area contributed by atoms with E-state index in [2.05, 4.69) is 55.0 Å². The number of fused-ring (bicyclic) bond motifs is 1. The van der Waals surface area contributed by atoms with Gasteiger partial charge in [0.15, 0.2) is 0 Å². The van der Waals surface area contributed by atoms with Gasteiger partial charge in [0.1, 0.15) is 0 Å². The number of aromatic nitrogens is 2. The number of nitrogens with one attached hydrogen (secondary N) is 1. The van der Waals surface area contributed by atoms with Crippen LogP contribution in [0.3, 0.4) is 0 Å². The second kappa shape index (κ2) is 8.54. The normalized spacial score (nSPS) is 11.2. The predicted molar refractivity (Wildman–Crippen MR) is 122 cm³/mol. The number of carbonyl (C=O) groups is 1. The fourth-order valence-corrected chi connectivity index (χ4v) is 3.96. The molecule has 0 aliphatic rings. The molecule has 0 spiro atoms. The topological polar surface area (TPSA) is 49.0 Å². The Hall–Kier alpha value is -3.40. The Morgan fingerprint density at radius 2 is 1.70 bits per heavy atom. The van der Waals surface area contributed by atoms with Crippen molar-refractivity contribution in [2.24, 2.45) is 0 Å². The monoisotopic (exact) mass is 397 g/mol. The lowest BCUT2D eigenvalue weighted by molar-refractivity contribution is -0.132. The first-order chi connectivity index (χ1) is 14.5. The van der Waals surface area contributed by atoms with Crippen molar-refractivity contribution in [3.05, 3.63) is 89.7 Å². The summed E-state index contributed by atoms with van der Waals surface area (Å²) in [6.07, 6.45) is 3.90. The van der Waals surface area contributed by atoms with Crippen LogP contribution in [0, 0.1) is 6.92 Å². The molecule has 0 aliphatic heterocycles. The Bertz CT molecular complexity index is 1160. The summed E-state index contributed by atoms with van der Waals surface area (Å²) in [7, 11) is 0. The van der Waals surface area contributed by atoms with Crippen molar-refractivity contribution >= 4 is 16.8 Å². The lowest BCUT2D eigenvalue weighted by Gasteiger charge is -2.27. The molecule has 0 saturated heterocycles. The summed E-state index contributed by atoms with van der Waals surface area (Å²) in [5.74, 6) is 0.126. The van der Waals surface area contributed by atoms with Crippen LogP contribution in [0.5, 0.6) is 0 Å². The third kappa shape index (κ3) is 3.99. The van der Waals surface area contributed by atoms with Gasteiger partial charge in [0.05, 0.1) is 12.1 Å². The molecule has 152 valence electrons. The lowest BCUT2D eigenvalue weighted by Crippen LogP contribution is -2.37. The summed E-state index contributed by atoms with van der Waals surface area (Å²) >= 11 is 0. The maximum Gasteiger partial charge on any atom is 0.227 e. The Labute approximate surface area is 177 Å². The van der Waals surface area contributed by atoms with Crippen molar-refractivity contribution in [2.45, 2.75) is 39.8 Å². The van der Waals surface area contributed by atoms with E-state index in [-0.39, 0.29) is 11.9 Å². The number of hydrogen-bond acceptors (Lipinski definition) is 2. The van der Waals surface area contributed by atoms with Gasteiger partial charge in [-0.15, -0.1) is 0 Å². The SMILES string of the molecule is Cc1ccccc1-c1[nH]c2ccccc2c1CC(=O)N(Cc1ccncc1)C(C)C. The molecule has 0 radical (unpaired) electrons. The Morgan fingerprint density at radius 1 is 1.00 bits per heavy atom. The van der Waals surface area contributed by atoms with Crippen LogP contribution in [0.1, 0.15) is 30.5 Å². The summed E-state index contributed by atoms with van der Waals surface area (Å²) < 4.78 is 0. The van der Waals surface area contributed by atoms with Crippen molar-refractivity contribution in [1.29, 1.82) is 0 Å². The molecule has 4 heteroatoms. The van der Waals surface area contributed by atoms with Gasteiger partial charge in [-0.3, -0.25) is 9.78 Å². The molecule has 4 nitrogen and oxygen atoms in total. The first kappa shape index (κ1) is 19.9. The van der Waals surface area contributed by atoms with E-state index in [1.807, 2.05) is 41.3 Å². The zero-order valence-electron chi connectivity index (χ0n) is 17.7. The number of aromatic amines is 1. The number of nitrogens with zero attached hydrogens (tertiary/aromatic N) is 2. The second-order valence-corrected chi connectivity index (χ2v) is 7.99. The number of amides is 1. The van der Waals surface area contributed by atoms with E-state index in [0.717, 1.165) is 33.3 Å². The molecule has 0 unspecified atom stereocenters. The lowest BCUT2D eigenvalue weighted by atomic mass is 9.98. The fraction of sp³-hybridized carbons (Fsp3) is 0.231. The summed E-state index contributed by atoms with van der Waals surface area (Å²) in [5.41, 5.74) is 6.58. The number of benzene rings is 2. The average molecular weight is 398 g/mol. The zero-order valence-corrected chi connectivity index (χ0v) is 17.7. The first-order valence-electron chi connectivity index (χ1n) is 10.4. The van der Waals surface area contributed by atoms with E-state index in [1.165, 1.54) is 5.56 Å². The van der Waals surface area contributed by atoms with Gasteiger partial charge in [-0.2, -0.15) is 0 Å². The van der Waals surface area contributed by atoms with Crippen molar-refractivity contribution < 1.29 is 4.79 Å². The van der Waals surface area contributed by atoms with Gasteiger partial charge in [0, 0.05) is 41.4 Å². The molecule has 2 heterocycles. The molecule has 0 atom stereocenters. The summed E-state index contributed by atoms with van der Waals surface area (Å²) in [6, 6.07) is 20.6. The number of aryl methyl sites for hydroxylation is 1. The largest absolute Gasteiger partial charge is 0.354 e. The van der Waals surface area contributed by atoms with E-state index in [0.29, 0.717) is 13.0 Å². The minimum absolute atomic E-state index is 0.109. The standard InChI is InChI=1S/C26H27N3O/c1-18(2)29(17-20-12-14-27-15-13-20)25(30)16-23-22-10-6-7-11-24(22)28-26(23)21-9-5-4-8-19(21)3/h4-15,18,28H,16-17H2,1-3H3. The van der Waals surface area contributed by atoms with Gasteiger partial charge in [0.25, 0.3) is 0 Å². The van der Waals surface area contributed by atoms with E-state index >= 15 is 0 Å². The highest BCUT2D eigenvalue weighted by Gasteiger charge is 2.22. The van der Waals surface area contributed by atoms with Crippen molar-refractivity contribution in [3.8, 4) is 11.3 Å². The zero-order chi connectivity index (χ0) is 21.1. The highest BCUT2D eigenvalue weighted by Crippen LogP contribution is 2.33. The number of pyridine rings is 1. The molecule has 30 heavy (non-hydrogen) atoms. The average Bonchev–Trinajstić information content (AvgIpc) is 3.11. The van der Waals surface area contributed by atoms with Gasteiger partial charge in [-0.25, -0.2) is 0 Å². The Morgan fingerprint density at radius 3 is 2.43 bits per heavy atom. The smallest absolute Gasteiger partial charge is 0.227 e. The maximum atomic E-state index is 13.5. The van der Waals surface area contributed by atoms with Gasteiger partial charge in [-0.05, 0) is 55.7 Å². The molecule has 4 rings (SSSR count). The van der Waals surface area contributed by atoms with Crippen molar-refractivity contribution in [3.63, 3.8) is 0 Å². The molecular weight excluding hydrogens is 370 g/mol. The highest BCUT2D eigenvalue weighted by atomic mass is 16.2. The van der Waals surface area contributed by atoms with Crippen LogP contribution in [0.2, 0.25) is 0 Å². The van der Waals surface area contributed by atoms with Crippen LogP contribution in [0.4, 0.5) is 0 Å². The molecule has 4 aromatic rings. The minimum atomic E-state index is 0.109. The van der Waals surface area contributed by atoms with Gasteiger partial charge in [-0.1, -0.05) is 42.5 Å². The van der Waals surface area contributed by atoms with Gasteiger partial charge >= 0.3 is 0 Å². The molecule has 0 aliphatic carbocycles. The molecule has 0 bridgehead atoms. The number of carbonyl (C=O) groups excluding carboxylic acids is 1. The molecule has 2 aromatic heterocycles. The number of H-pyrrole nitrogens is 1. The number of hydrogen-bond donors (Lipinski definition) is 1. The number of para-hydroxylation sites is 1. The molecule has 1 N–H and O–H groups in total. The second-order valence-electron chi connectivity index (χ2n) is 7.99. The van der Waals surface area contributed by atoms with Gasteiger partial charge < -0.3 is 9.88 Å². The predicted octanol–water partition coefficient (Wildman–Crippen LogP) is 5.52. The third-order valence-corrected chi connectivity index (χ3v) is 5.60. The first-order valence-corrected chi connectivity index (χ1v) is 10.4. The van der Waals surface area contributed by atoms with Crippen LogP contribution in [0.25, 0.3) is 22.2 Å². The summed E-state index contributed by atoms with van der Waals surface area (Å²) in [5, 5.41) is 1.11. The van der Waals surface area contributed by atoms with Crippen LogP contribution in [0.15, 0.2) is 73.1 Å². The van der Waals surface area contributed by atoms with Crippen molar-refractivity contribution in [1.82, 2.24) is 14.9 Å². The molecule has 0 saturated carbocycles. The van der Waals surface area contributed by atoms with Gasteiger partial charge in [0.2, 0.25) is 5.91 Å². The fourth-order valence-electron chi connectivity index (χ4n) is 3.96. The Kier molecular flexibility index (Phi) is 5.66.